The highest BCUT2D eigenvalue weighted by molar-refractivity contribution is 5.83. The fraction of sp³-hybridized carbons (Fsp3) is 0.309. The number of rotatable bonds is 14. The first kappa shape index (κ1) is 96.6. The molecule has 10 aromatic carbocycles. The van der Waals surface area contributed by atoms with Gasteiger partial charge in [-0.3, -0.25) is 0 Å². The van der Waals surface area contributed by atoms with Crippen LogP contribution in [0.25, 0.3) is 112 Å². The molecule has 0 aliphatic heterocycles. The summed E-state index contributed by atoms with van der Waals surface area (Å²) in [5.74, 6) is 1.18. The number of aromatic nitrogens is 5. The van der Waals surface area contributed by atoms with Gasteiger partial charge in [0, 0.05) is 86.0 Å². The molecule has 0 bridgehead atoms. The van der Waals surface area contributed by atoms with Crippen LogP contribution in [0, 0.1) is 157 Å². The van der Waals surface area contributed by atoms with Crippen molar-refractivity contribution in [3.63, 3.8) is 0 Å². The van der Waals surface area contributed by atoms with Crippen molar-refractivity contribution >= 4 is 0 Å². The lowest BCUT2D eigenvalue weighted by Crippen LogP contribution is -2.32. The third-order valence-corrected chi connectivity index (χ3v) is 26.1. The summed E-state index contributed by atoms with van der Waals surface area (Å²) < 4.78 is 11.3. The monoisotopic (exact) mass is 1690 g/mol. The number of nitrogens with zero attached hydrogens (tertiary/aromatic N) is 5. The maximum absolute atomic E-state index is 2.40. The van der Waals surface area contributed by atoms with E-state index in [0.717, 1.165) is 12.8 Å². The fourth-order valence-electron chi connectivity index (χ4n) is 18.9. The van der Waals surface area contributed by atoms with Gasteiger partial charge in [0.2, 0.25) is 28.5 Å². The van der Waals surface area contributed by atoms with Crippen LogP contribution >= 0.6 is 0 Å². The summed E-state index contributed by atoms with van der Waals surface area (Å²) in [6.45, 7) is 62.3. The van der Waals surface area contributed by atoms with Crippen LogP contribution in [0.1, 0.15) is 188 Å². The Morgan fingerprint density at radius 1 is 0.211 bits per heavy atom. The Kier molecular flexibility index (Phi) is 31.2. The van der Waals surface area contributed by atoms with Gasteiger partial charge in [0.25, 0.3) is 0 Å². The van der Waals surface area contributed by atoms with Crippen molar-refractivity contribution in [1.82, 2.24) is 0 Å². The van der Waals surface area contributed by atoms with Crippen molar-refractivity contribution in [3.8, 4) is 112 Å². The van der Waals surface area contributed by atoms with E-state index in [1.165, 1.54) is 245 Å². The SMILES string of the molecule is Cc1c[n+](C)c(-c2cc(-c3ccccc3C)c(C)cc2C)cc1CC(C)(C)C.Cc1c[n+](C)c(-c2cc(-c3ccccc3C)c(C)cc2C)cc1CC(C)C.Cc1cc(-c2cc(-c3ccccc3C)c(C)cc2C)[n+](C)cc1C.Cc1ccc(-c2cc(-c3ccccc3C)c(C)cc2C)[n+](C)c1.Cc1ccccc1-c1cc(-c2cc(C(C)C)c(C)c[n+]2C)c(C)cc1C. The number of hydrogen-bond donors (Lipinski definition) is 0. The zero-order valence-electron chi connectivity index (χ0n) is 84.0. The first-order valence-electron chi connectivity index (χ1n) is 46.3. The highest BCUT2D eigenvalue weighted by atomic mass is 14.9. The Bertz CT molecular complexity index is 6600. The summed E-state index contributed by atoms with van der Waals surface area (Å²) in [7, 11) is 10.7. The average molecular weight is 1690 g/mol. The van der Waals surface area contributed by atoms with Crippen LogP contribution in [0.3, 0.4) is 0 Å². The molecule has 0 amide bonds. The smallest absolute Gasteiger partial charge is 0.201 e. The van der Waals surface area contributed by atoms with Crippen LogP contribution in [0.2, 0.25) is 0 Å². The molecular formula is C123H146N5+5. The minimum Gasteiger partial charge on any atom is -0.201 e. The minimum absolute atomic E-state index is 0.274. The third kappa shape index (κ3) is 22.7. The van der Waals surface area contributed by atoms with E-state index in [9.17, 15) is 0 Å². The Labute approximate surface area is 771 Å². The summed E-state index contributed by atoms with van der Waals surface area (Å²) in [5.41, 5.74) is 58.8. The molecule has 0 aliphatic carbocycles. The number of aryl methyl sites for hydroxylation is 26. The zero-order chi connectivity index (χ0) is 93.4. The van der Waals surface area contributed by atoms with Gasteiger partial charge >= 0.3 is 0 Å². The maximum atomic E-state index is 2.40. The molecule has 0 spiro atoms. The van der Waals surface area contributed by atoms with Gasteiger partial charge in [-0.1, -0.05) is 200 Å². The van der Waals surface area contributed by atoms with Gasteiger partial charge < -0.3 is 0 Å². The van der Waals surface area contributed by atoms with Crippen LogP contribution < -0.4 is 22.8 Å². The van der Waals surface area contributed by atoms with Gasteiger partial charge in [-0.15, -0.1) is 0 Å². The quantitative estimate of drug-likeness (QED) is 0.0967. The Hall–Kier alpha value is -12.1. The van der Waals surface area contributed by atoms with E-state index < -0.39 is 0 Å². The molecule has 0 N–H and O–H groups in total. The highest BCUT2D eigenvalue weighted by Crippen LogP contribution is 2.41. The zero-order valence-corrected chi connectivity index (χ0v) is 84.0. The molecule has 0 radical (unpaired) electrons. The van der Waals surface area contributed by atoms with Gasteiger partial charge in [0.1, 0.15) is 35.2 Å². The van der Waals surface area contributed by atoms with Crippen molar-refractivity contribution in [3.05, 3.63) is 383 Å². The molecular weight excluding hydrogens is 1550 g/mol. The molecule has 0 saturated carbocycles. The van der Waals surface area contributed by atoms with Crippen LogP contribution in [0.15, 0.2) is 249 Å². The first-order chi connectivity index (χ1) is 60.5. The van der Waals surface area contributed by atoms with E-state index in [-0.39, 0.29) is 5.41 Å². The summed E-state index contributed by atoms with van der Waals surface area (Å²) in [5, 5.41) is 0. The van der Waals surface area contributed by atoms with Crippen LogP contribution in [0.5, 0.6) is 0 Å². The molecule has 5 heteroatoms. The molecule has 5 heterocycles. The molecule has 0 unspecified atom stereocenters. The number of hydrogen-bond acceptors (Lipinski definition) is 0. The molecule has 5 aromatic heterocycles. The molecule has 0 fully saturated rings. The summed E-state index contributed by atoms with van der Waals surface area (Å²) in [6, 6.07) is 80.6. The first-order valence-corrected chi connectivity index (χ1v) is 46.3. The Balaban J connectivity index is 0.000000155. The highest BCUT2D eigenvalue weighted by Gasteiger charge is 2.26. The van der Waals surface area contributed by atoms with E-state index in [4.69, 9.17) is 0 Å². The van der Waals surface area contributed by atoms with Crippen LogP contribution in [-0.2, 0) is 48.1 Å². The summed E-state index contributed by atoms with van der Waals surface area (Å²) >= 11 is 0. The standard InChI is InChI=1S/C27H34N.C26H32N.C25H30N.C23H26N.C22H24N/c1-18-11-9-10-12-23(18)24-15-25(20(3)13-19(24)2)26-14-22(16-27(5,6)7)21(4)17-28(26)8;1-17(2)12-22-14-26(27(7)16-21(22)6)25-15-24(19(4)13-20(25)5)23-11-9-8-10-18(23)3;1-16(2)22-14-25(26(7)15-20(22)6)24-13-23(18(4)12-19(24)5)21-11-9-8-10-17(21)3;1-15-9-7-8-10-20(15)21-13-22(18(4)11-17(21)3)23-12-16(2)19(5)14-24(23)6;1-15-10-11-22(23(5)14-15)21-13-20(17(3)12-18(21)4)19-9-7-6-8-16(19)2/h9-15,17H,16H2,1-8H3;8-11,13-17H,12H2,1-7H3;8-16H,1-7H3;7-14H,1-6H3;6-14H,1-5H3/q5*+1. The Morgan fingerprint density at radius 2 is 0.469 bits per heavy atom. The minimum atomic E-state index is 0.274. The lowest BCUT2D eigenvalue weighted by atomic mass is 9.85. The third-order valence-electron chi connectivity index (χ3n) is 26.1. The van der Waals surface area contributed by atoms with E-state index in [2.05, 4.69) is 501 Å². The van der Waals surface area contributed by atoms with Crippen molar-refractivity contribution in [1.29, 1.82) is 0 Å². The lowest BCUT2D eigenvalue weighted by molar-refractivity contribution is -0.660. The van der Waals surface area contributed by atoms with Gasteiger partial charge in [0.15, 0.2) is 31.0 Å². The van der Waals surface area contributed by atoms with E-state index in [1.54, 1.807) is 0 Å². The van der Waals surface area contributed by atoms with E-state index in [0.29, 0.717) is 11.8 Å². The second-order valence-corrected chi connectivity index (χ2v) is 39.2. The van der Waals surface area contributed by atoms with Gasteiger partial charge in [-0.25, -0.2) is 22.8 Å². The van der Waals surface area contributed by atoms with E-state index in [1.807, 2.05) is 0 Å². The predicted molar refractivity (Wildman–Crippen MR) is 548 cm³/mol. The molecule has 658 valence electrons. The topological polar surface area (TPSA) is 19.4 Å². The molecule has 0 atom stereocenters. The lowest BCUT2D eigenvalue weighted by Gasteiger charge is -2.20. The van der Waals surface area contributed by atoms with Crippen LogP contribution in [-0.4, -0.2) is 0 Å². The van der Waals surface area contributed by atoms with E-state index >= 15 is 0 Å². The molecule has 15 aromatic rings. The molecule has 128 heavy (non-hydrogen) atoms. The summed E-state index contributed by atoms with van der Waals surface area (Å²) in [4.78, 5) is 0. The van der Waals surface area contributed by atoms with Gasteiger partial charge in [-0.2, -0.15) is 0 Å². The van der Waals surface area contributed by atoms with Crippen molar-refractivity contribution < 1.29 is 22.8 Å². The normalized spacial score (nSPS) is 11.2. The van der Waals surface area contributed by atoms with Gasteiger partial charge in [-0.05, 0) is 373 Å². The number of benzene rings is 10. The number of pyridine rings is 5. The van der Waals surface area contributed by atoms with Crippen molar-refractivity contribution in [2.24, 2.45) is 46.6 Å². The summed E-state index contributed by atoms with van der Waals surface area (Å²) in [6.07, 6.45) is 13.4. The fourth-order valence-corrected chi connectivity index (χ4v) is 18.9. The van der Waals surface area contributed by atoms with Crippen LogP contribution in [0.4, 0.5) is 0 Å². The Morgan fingerprint density at radius 3 is 0.766 bits per heavy atom. The largest absolute Gasteiger partial charge is 0.212 e. The van der Waals surface area contributed by atoms with Gasteiger partial charge in [0.05, 0.1) is 0 Å². The molecule has 5 nitrogen and oxygen atoms in total. The predicted octanol–water partition coefficient (Wildman–Crippen LogP) is 29.6. The maximum Gasteiger partial charge on any atom is 0.212 e. The molecule has 0 saturated heterocycles. The average Bonchev–Trinajstić information content (AvgIpc) is 0.806. The molecule has 0 aliphatic rings. The second-order valence-electron chi connectivity index (χ2n) is 39.2. The van der Waals surface area contributed by atoms with Crippen molar-refractivity contribution in [2.45, 2.75) is 213 Å². The van der Waals surface area contributed by atoms with Crippen molar-refractivity contribution in [2.75, 3.05) is 0 Å². The second kappa shape index (κ2) is 41.4. The molecule has 15 rings (SSSR count).